The molecule has 0 saturated carbocycles. The summed E-state index contributed by atoms with van der Waals surface area (Å²) in [5.74, 6) is 4.05. The zero-order valence-electron chi connectivity index (χ0n) is 31.4. The van der Waals surface area contributed by atoms with Crippen molar-refractivity contribution in [2.24, 2.45) is 7.05 Å². The lowest BCUT2D eigenvalue weighted by Gasteiger charge is -2.32. The molecule has 0 fully saturated rings. The van der Waals surface area contributed by atoms with Crippen LogP contribution in [0.2, 0.25) is 0 Å². The van der Waals surface area contributed by atoms with E-state index in [1.165, 1.54) is 74.1 Å². The van der Waals surface area contributed by atoms with Gasteiger partial charge in [0, 0.05) is 30.0 Å². The predicted molar refractivity (Wildman–Crippen MR) is 205 cm³/mol. The Morgan fingerprint density at radius 3 is 1.83 bits per heavy atom. The van der Waals surface area contributed by atoms with Gasteiger partial charge in [-0.3, -0.25) is 4.57 Å². The highest BCUT2D eigenvalue weighted by Gasteiger charge is 2.31. The number of anilines is 1. The van der Waals surface area contributed by atoms with E-state index in [1.54, 1.807) is 0 Å². The maximum Gasteiger partial charge on any atom is 0.156 e. The lowest BCUT2D eigenvalue weighted by atomic mass is 9.81. The molecule has 1 unspecified atom stereocenters. The van der Waals surface area contributed by atoms with Gasteiger partial charge >= 0.3 is 0 Å². The summed E-state index contributed by atoms with van der Waals surface area (Å²) >= 11 is 0. The first-order valence-corrected chi connectivity index (χ1v) is 18.6. The Bertz CT molecular complexity index is 1860. The van der Waals surface area contributed by atoms with Crippen molar-refractivity contribution in [3.63, 3.8) is 0 Å². The number of hydrogen-bond acceptors (Lipinski definition) is 2. The van der Waals surface area contributed by atoms with Crippen molar-refractivity contribution >= 4 is 16.6 Å². The molecule has 1 N–H and O–H groups in total. The van der Waals surface area contributed by atoms with Crippen LogP contribution in [0, 0.1) is 0 Å². The second-order valence-electron chi connectivity index (χ2n) is 15.8. The van der Waals surface area contributed by atoms with Crippen molar-refractivity contribution in [3.05, 3.63) is 111 Å². The summed E-state index contributed by atoms with van der Waals surface area (Å²) in [5, 5.41) is 5.64. The van der Waals surface area contributed by atoms with Gasteiger partial charge in [0.05, 0.1) is 5.52 Å². The van der Waals surface area contributed by atoms with Crippen LogP contribution in [0.3, 0.4) is 0 Å². The van der Waals surface area contributed by atoms with E-state index in [9.17, 15) is 0 Å². The van der Waals surface area contributed by atoms with Crippen molar-refractivity contribution in [1.82, 2.24) is 14.1 Å². The average Bonchev–Trinajstić information content (AvgIpc) is 3.59. The van der Waals surface area contributed by atoms with E-state index >= 15 is 0 Å². The van der Waals surface area contributed by atoms with E-state index in [0.717, 1.165) is 24.5 Å². The molecule has 0 radical (unpaired) electrons. The van der Waals surface area contributed by atoms with Crippen molar-refractivity contribution in [1.29, 1.82) is 0 Å². The third kappa shape index (κ3) is 6.12. The smallest absolute Gasteiger partial charge is 0.156 e. The second-order valence-corrected chi connectivity index (χ2v) is 15.8. The molecule has 5 aromatic rings. The van der Waals surface area contributed by atoms with Crippen molar-refractivity contribution in [3.8, 4) is 5.82 Å². The number of imidazole rings is 1. The molecule has 0 amide bonds. The molecule has 1 aliphatic carbocycles. The number of rotatable bonds is 10. The number of nitrogens with one attached hydrogen (secondary N) is 1. The maximum absolute atomic E-state index is 5.65. The SMILES string of the molecule is CC(C)c1cc(C(C)C)c(C(Nc2c(C(C)C)cccc2C(C)C)c2nc(-n3c4c(c5ccccc53)CCCC4)cn2C)c(C(C)C)c1. The van der Waals surface area contributed by atoms with Crippen LogP contribution in [-0.4, -0.2) is 14.1 Å². The minimum atomic E-state index is -0.130. The summed E-state index contributed by atoms with van der Waals surface area (Å²) in [7, 11) is 2.20. The number of aromatic nitrogens is 3. The Morgan fingerprint density at radius 2 is 1.25 bits per heavy atom. The number of nitrogens with zero attached hydrogens (tertiary/aromatic N) is 3. The Morgan fingerprint density at radius 1 is 0.667 bits per heavy atom. The van der Waals surface area contributed by atoms with Crippen LogP contribution in [-0.2, 0) is 19.9 Å². The zero-order valence-corrected chi connectivity index (χ0v) is 31.4. The molecule has 4 nitrogen and oxygen atoms in total. The summed E-state index contributed by atoms with van der Waals surface area (Å²) in [4.78, 5) is 5.65. The summed E-state index contributed by atoms with van der Waals surface area (Å²) in [6.45, 7) is 23.3. The topological polar surface area (TPSA) is 34.8 Å². The summed E-state index contributed by atoms with van der Waals surface area (Å²) in [5.41, 5.74) is 13.9. The third-order valence-corrected chi connectivity index (χ3v) is 10.7. The molecule has 2 aromatic heterocycles. The molecule has 1 aliphatic rings. The van der Waals surface area contributed by atoms with Gasteiger partial charge in [-0.2, -0.15) is 0 Å². The van der Waals surface area contributed by atoms with E-state index in [1.807, 2.05) is 0 Å². The van der Waals surface area contributed by atoms with Gasteiger partial charge in [-0.1, -0.05) is 118 Å². The zero-order chi connectivity index (χ0) is 34.4. The Labute approximate surface area is 290 Å². The predicted octanol–water partition coefficient (Wildman–Crippen LogP) is 12.1. The fourth-order valence-electron chi connectivity index (χ4n) is 8.07. The Balaban J connectivity index is 1.65. The van der Waals surface area contributed by atoms with Gasteiger partial charge in [0.15, 0.2) is 5.82 Å². The van der Waals surface area contributed by atoms with Gasteiger partial charge in [0.1, 0.15) is 11.9 Å². The first-order chi connectivity index (χ1) is 22.9. The van der Waals surface area contributed by atoms with Crippen molar-refractivity contribution in [2.45, 2.75) is 131 Å². The van der Waals surface area contributed by atoms with Gasteiger partial charge in [-0.25, -0.2) is 4.98 Å². The molecule has 4 heteroatoms. The molecule has 0 aliphatic heterocycles. The summed E-state index contributed by atoms with van der Waals surface area (Å²) in [6, 6.07) is 20.7. The summed E-state index contributed by atoms with van der Waals surface area (Å²) < 4.78 is 4.77. The molecule has 1 atom stereocenters. The molecule has 0 spiro atoms. The molecule has 3 aromatic carbocycles. The lowest BCUT2D eigenvalue weighted by Crippen LogP contribution is -2.23. The van der Waals surface area contributed by atoms with Crippen LogP contribution in [0.4, 0.5) is 5.69 Å². The van der Waals surface area contributed by atoms with Gasteiger partial charge in [0.25, 0.3) is 0 Å². The van der Waals surface area contributed by atoms with E-state index in [0.29, 0.717) is 29.6 Å². The highest BCUT2D eigenvalue weighted by atomic mass is 15.2. The molecule has 0 bridgehead atoms. The number of fused-ring (bicyclic) bond motifs is 3. The molecular formula is C44H58N4. The summed E-state index contributed by atoms with van der Waals surface area (Å²) in [6.07, 6.45) is 7.01. The monoisotopic (exact) mass is 642 g/mol. The highest BCUT2D eigenvalue weighted by Crippen LogP contribution is 2.43. The fourth-order valence-corrected chi connectivity index (χ4v) is 8.07. The number of benzene rings is 3. The Hall–Kier alpha value is -3.79. The molecule has 48 heavy (non-hydrogen) atoms. The molecule has 2 heterocycles. The van der Waals surface area contributed by atoms with Crippen LogP contribution in [0.15, 0.2) is 60.8 Å². The standard InChI is InChI=1S/C44H58N4/c1-26(2)31-23-36(29(7)8)41(37(24-31)30(9)10)43(46-42-32(27(3)4)19-16-20-33(42)28(5)6)44-45-40(25-47(44)11)48-38-21-14-12-17-34(38)35-18-13-15-22-39(35)48/h12,14,16-17,19-21,23-30,43,46H,13,15,18,22H2,1-11H3. The molecule has 254 valence electrons. The first kappa shape index (κ1) is 34.1. The Kier molecular flexibility index (Phi) is 9.67. The molecule has 0 saturated heterocycles. The fraction of sp³-hybridized carbons (Fsp3) is 0.477. The van der Waals surface area contributed by atoms with Gasteiger partial charge < -0.3 is 9.88 Å². The first-order valence-electron chi connectivity index (χ1n) is 18.6. The number of hydrogen-bond donors (Lipinski definition) is 1. The maximum atomic E-state index is 5.65. The van der Waals surface area contributed by atoms with Gasteiger partial charge in [-0.15, -0.1) is 0 Å². The van der Waals surface area contributed by atoms with Crippen molar-refractivity contribution < 1.29 is 0 Å². The lowest BCUT2D eigenvalue weighted by molar-refractivity contribution is 0.664. The molecular weight excluding hydrogens is 585 g/mol. The van der Waals surface area contributed by atoms with Gasteiger partial charge in [0.2, 0.25) is 0 Å². The van der Waals surface area contributed by atoms with Crippen LogP contribution < -0.4 is 5.32 Å². The quantitative estimate of drug-likeness (QED) is 0.164. The highest BCUT2D eigenvalue weighted by molar-refractivity contribution is 5.87. The minimum absolute atomic E-state index is 0.130. The third-order valence-electron chi connectivity index (χ3n) is 10.7. The van der Waals surface area contributed by atoms with Crippen LogP contribution in [0.1, 0.15) is 168 Å². The normalized spacial score (nSPS) is 14.2. The van der Waals surface area contributed by atoms with E-state index in [4.69, 9.17) is 4.98 Å². The number of para-hydroxylation sites is 2. The van der Waals surface area contributed by atoms with Crippen LogP contribution >= 0.6 is 0 Å². The molecule has 6 rings (SSSR count). The van der Waals surface area contributed by atoms with E-state index < -0.39 is 0 Å². The second kappa shape index (κ2) is 13.6. The van der Waals surface area contributed by atoms with Crippen LogP contribution in [0.5, 0.6) is 0 Å². The largest absolute Gasteiger partial charge is 0.371 e. The average molecular weight is 643 g/mol. The van der Waals surface area contributed by atoms with Gasteiger partial charge in [-0.05, 0) is 100 Å². The minimum Gasteiger partial charge on any atom is -0.371 e. The van der Waals surface area contributed by atoms with E-state index in [-0.39, 0.29) is 6.04 Å². The number of aryl methyl sites for hydroxylation is 2. The van der Waals surface area contributed by atoms with E-state index in [2.05, 4.69) is 152 Å². The van der Waals surface area contributed by atoms with Crippen molar-refractivity contribution in [2.75, 3.05) is 5.32 Å². The van der Waals surface area contributed by atoms with Crippen LogP contribution in [0.25, 0.3) is 16.7 Å².